The van der Waals surface area contributed by atoms with Gasteiger partial charge in [-0.05, 0) is 30.3 Å². The molecule has 27 heavy (non-hydrogen) atoms. The van der Waals surface area contributed by atoms with E-state index in [0.29, 0.717) is 16.2 Å². The van der Waals surface area contributed by atoms with E-state index in [1.54, 1.807) is 41.9 Å². The molecular weight excluding hydrogens is 367 g/mol. The van der Waals surface area contributed by atoms with E-state index in [-0.39, 0.29) is 17.9 Å². The summed E-state index contributed by atoms with van der Waals surface area (Å²) in [5.41, 5.74) is 1.06. The number of thiazole rings is 1. The average Bonchev–Trinajstić information content (AvgIpc) is 3.13. The molecule has 0 saturated carbocycles. The fourth-order valence-corrected chi connectivity index (χ4v) is 3.36. The minimum absolute atomic E-state index is 0.213. The van der Waals surface area contributed by atoms with Gasteiger partial charge in [-0.25, -0.2) is 14.1 Å². The Morgan fingerprint density at radius 2 is 1.93 bits per heavy atom. The Labute approximate surface area is 156 Å². The van der Waals surface area contributed by atoms with E-state index >= 15 is 0 Å². The highest BCUT2D eigenvalue weighted by Gasteiger charge is 2.11. The van der Waals surface area contributed by atoms with Crippen molar-refractivity contribution in [3.05, 3.63) is 76.3 Å². The molecule has 0 fully saturated rings. The first-order chi connectivity index (χ1) is 13.1. The van der Waals surface area contributed by atoms with Crippen molar-refractivity contribution in [2.75, 3.05) is 5.32 Å². The lowest BCUT2D eigenvalue weighted by Crippen LogP contribution is -2.29. The molecule has 6 nitrogen and oxygen atoms in total. The largest absolute Gasteiger partial charge is 0.300 e. The van der Waals surface area contributed by atoms with Crippen LogP contribution in [0.5, 0.6) is 0 Å². The Balaban J connectivity index is 1.49. The third-order valence-electron chi connectivity index (χ3n) is 3.95. The number of anilines is 1. The van der Waals surface area contributed by atoms with Gasteiger partial charge < -0.3 is 5.32 Å². The predicted molar refractivity (Wildman–Crippen MR) is 102 cm³/mol. The zero-order chi connectivity index (χ0) is 18.8. The van der Waals surface area contributed by atoms with Gasteiger partial charge in [-0.15, -0.1) is 11.3 Å². The molecule has 4 rings (SSSR count). The molecule has 1 N–H and O–H groups in total. The highest BCUT2D eigenvalue weighted by molar-refractivity contribution is 7.14. The summed E-state index contributed by atoms with van der Waals surface area (Å²) in [7, 11) is 0. The van der Waals surface area contributed by atoms with Crippen LogP contribution in [0.3, 0.4) is 0 Å². The molecule has 0 aliphatic rings. The average molecular weight is 380 g/mol. The van der Waals surface area contributed by atoms with Gasteiger partial charge in [-0.1, -0.05) is 18.2 Å². The maximum atomic E-state index is 13.0. The highest BCUT2D eigenvalue weighted by Crippen LogP contribution is 2.25. The maximum absolute atomic E-state index is 13.0. The Morgan fingerprint density at radius 1 is 1.15 bits per heavy atom. The van der Waals surface area contributed by atoms with Crippen molar-refractivity contribution in [3.8, 4) is 11.3 Å². The van der Waals surface area contributed by atoms with Crippen LogP contribution in [-0.2, 0) is 11.3 Å². The molecule has 0 saturated heterocycles. The van der Waals surface area contributed by atoms with E-state index in [1.807, 2.05) is 6.07 Å². The molecule has 0 bridgehead atoms. The lowest BCUT2D eigenvalue weighted by Gasteiger charge is -2.05. The second-order valence-corrected chi connectivity index (χ2v) is 6.65. The topological polar surface area (TPSA) is 76.9 Å². The molecule has 0 atom stereocenters. The number of fused-ring (bicyclic) bond motifs is 1. The first-order valence-corrected chi connectivity index (χ1v) is 8.94. The number of amides is 1. The molecule has 2 aromatic heterocycles. The van der Waals surface area contributed by atoms with E-state index < -0.39 is 5.91 Å². The molecule has 2 aromatic carbocycles. The number of rotatable bonds is 4. The van der Waals surface area contributed by atoms with Crippen LogP contribution in [0.25, 0.3) is 22.0 Å². The van der Waals surface area contributed by atoms with Crippen LogP contribution in [0.1, 0.15) is 0 Å². The summed E-state index contributed by atoms with van der Waals surface area (Å²) in [6.07, 6.45) is 1.56. The Morgan fingerprint density at radius 3 is 2.74 bits per heavy atom. The summed E-state index contributed by atoms with van der Waals surface area (Å²) < 4.78 is 14.1. The summed E-state index contributed by atoms with van der Waals surface area (Å²) in [5, 5.41) is 10.1. The second-order valence-electron chi connectivity index (χ2n) is 5.79. The van der Waals surface area contributed by atoms with Crippen LogP contribution < -0.4 is 10.9 Å². The zero-order valence-corrected chi connectivity index (χ0v) is 14.7. The van der Waals surface area contributed by atoms with Gasteiger partial charge in [-0.3, -0.25) is 9.59 Å². The number of carbonyl (C=O) groups excluding carboxylic acids is 1. The first-order valence-electron chi connectivity index (χ1n) is 8.06. The minimum Gasteiger partial charge on any atom is -0.300 e. The molecular formula is C19H13FN4O2S. The van der Waals surface area contributed by atoms with Gasteiger partial charge >= 0.3 is 0 Å². The predicted octanol–water partition coefficient (Wildman–Crippen LogP) is 3.30. The quantitative estimate of drug-likeness (QED) is 0.589. The van der Waals surface area contributed by atoms with Crippen molar-refractivity contribution in [3.63, 3.8) is 0 Å². The molecule has 0 aliphatic carbocycles. The van der Waals surface area contributed by atoms with Crippen LogP contribution >= 0.6 is 11.3 Å². The number of hydrogen-bond acceptors (Lipinski definition) is 5. The van der Waals surface area contributed by atoms with Crippen molar-refractivity contribution in [1.82, 2.24) is 14.8 Å². The van der Waals surface area contributed by atoms with Crippen LogP contribution in [-0.4, -0.2) is 20.7 Å². The Hall–Kier alpha value is -3.39. The fourth-order valence-electron chi connectivity index (χ4n) is 2.62. The van der Waals surface area contributed by atoms with Crippen molar-refractivity contribution in [1.29, 1.82) is 0 Å². The van der Waals surface area contributed by atoms with E-state index in [1.165, 1.54) is 23.5 Å². The standard InChI is InChI=1S/C19H13FN4O2S/c20-14-7-5-12(6-8-14)16-11-27-19(22-16)23-17(25)10-24-18(26)15-4-2-1-3-13(15)9-21-24/h1-9,11H,10H2,(H,22,23,25). The van der Waals surface area contributed by atoms with Crippen molar-refractivity contribution in [2.45, 2.75) is 6.54 Å². The van der Waals surface area contributed by atoms with Gasteiger partial charge in [0.15, 0.2) is 5.13 Å². The SMILES string of the molecule is O=C(Cn1ncc2ccccc2c1=O)Nc1nc(-c2ccc(F)cc2)cs1. The van der Waals surface area contributed by atoms with Gasteiger partial charge in [0.2, 0.25) is 5.91 Å². The van der Waals surface area contributed by atoms with Gasteiger partial charge in [0.25, 0.3) is 5.56 Å². The number of benzene rings is 2. The molecule has 0 aliphatic heterocycles. The number of carbonyl (C=O) groups is 1. The van der Waals surface area contributed by atoms with Crippen LogP contribution in [0, 0.1) is 5.82 Å². The fraction of sp³-hybridized carbons (Fsp3) is 0.0526. The van der Waals surface area contributed by atoms with E-state index in [4.69, 9.17) is 0 Å². The minimum atomic E-state index is -0.403. The van der Waals surface area contributed by atoms with Crippen molar-refractivity contribution >= 4 is 33.1 Å². The number of nitrogens with zero attached hydrogens (tertiary/aromatic N) is 3. The normalized spacial score (nSPS) is 10.9. The van der Waals surface area contributed by atoms with E-state index in [2.05, 4.69) is 15.4 Å². The molecule has 134 valence electrons. The zero-order valence-electron chi connectivity index (χ0n) is 13.9. The van der Waals surface area contributed by atoms with E-state index in [0.717, 1.165) is 15.6 Å². The van der Waals surface area contributed by atoms with E-state index in [9.17, 15) is 14.0 Å². The molecule has 2 heterocycles. The van der Waals surface area contributed by atoms with Crippen molar-refractivity contribution < 1.29 is 9.18 Å². The lowest BCUT2D eigenvalue weighted by atomic mass is 10.2. The van der Waals surface area contributed by atoms with Gasteiger partial charge in [0.1, 0.15) is 12.4 Å². The Bertz CT molecular complexity index is 1180. The van der Waals surface area contributed by atoms with Gasteiger partial charge in [0.05, 0.1) is 17.3 Å². The van der Waals surface area contributed by atoms with Crippen LogP contribution in [0.2, 0.25) is 0 Å². The third kappa shape index (κ3) is 3.61. The van der Waals surface area contributed by atoms with Crippen LogP contribution in [0.15, 0.2) is 64.9 Å². The molecule has 0 radical (unpaired) electrons. The monoisotopic (exact) mass is 380 g/mol. The van der Waals surface area contributed by atoms with Gasteiger partial charge in [0, 0.05) is 16.3 Å². The summed E-state index contributed by atoms with van der Waals surface area (Å²) in [5.74, 6) is -0.726. The van der Waals surface area contributed by atoms with Gasteiger partial charge in [-0.2, -0.15) is 5.10 Å². The number of aromatic nitrogens is 3. The number of nitrogens with one attached hydrogen (secondary N) is 1. The first kappa shape index (κ1) is 17.0. The molecule has 1 amide bonds. The number of halogens is 1. The summed E-state index contributed by atoms with van der Waals surface area (Å²) in [6, 6.07) is 13.0. The second kappa shape index (κ2) is 7.08. The third-order valence-corrected chi connectivity index (χ3v) is 4.70. The summed E-state index contributed by atoms with van der Waals surface area (Å²) in [6.45, 7) is -0.213. The molecule has 8 heteroatoms. The number of hydrogen-bond donors (Lipinski definition) is 1. The Kier molecular flexibility index (Phi) is 4.47. The molecule has 0 spiro atoms. The highest BCUT2D eigenvalue weighted by atomic mass is 32.1. The van der Waals surface area contributed by atoms with Crippen molar-refractivity contribution in [2.24, 2.45) is 0 Å². The summed E-state index contributed by atoms with van der Waals surface area (Å²) >= 11 is 1.25. The van der Waals surface area contributed by atoms with Crippen LogP contribution in [0.4, 0.5) is 9.52 Å². The maximum Gasteiger partial charge on any atom is 0.275 e. The molecule has 4 aromatic rings. The molecule has 0 unspecified atom stereocenters. The summed E-state index contributed by atoms with van der Waals surface area (Å²) in [4.78, 5) is 29.0. The smallest absolute Gasteiger partial charge is 0.275 e. The lowest BCUT2D eigenvalue weighted by molar-refractivity contribution is -0.117.